The Morgan fingerprint density at radius 3 is 2.22 bits per heavy atom. The number of amides is 1. The van der Waals surface area contributed by atoms with E-state index < -0.39 is 0 Å². The summed E-state index contributed by atoms with van der Waals surface area (Å²) < 4.78 is 6.03. The van der Waals surface area contributed by atoms with Crippen LogP contribution in [0.15, 0.2) is 41.8 Å². The van der Waals surface area contributed by atoms with Gasteiger partial charge in [0.05, 0.1) is 4.88 Å². The van der Waals surface area contributed by atoms with E-state index in [1.807, 2.05) is 43.5 Å². The molecule has 1 amide bonds. The molecular formula is C23H25NO2S. The molecule has 0 aliphatic carbocycles. The van der Waals surface area contributed by atoms with Gasteiger partial charge in [-0.1, -0.05) is 35.9 Å². The second-order valence-corrected chi connectivity index (χ2v) is 7.97. The normalized spacial score (nSPS) is 10.7. The molecule has 0 saturated heterocycles. The topological polar surface area (TPSA) is 38.3 Å². The van der Waals surface area contributed by atoms with Crippen LogP contribution in [0.2, 0.25) is 0 Å². The lowest BCUT2D eigenvalue weighted by Crippen LogP contribution is -2.12. The third-order valence-electron chi connectivity index (χ3n) is 4.59. The third-order valence-corrected chi connectivity index (χ3v) is 5.56. The van der Waals surface area contributed by atoms with Gasteiger partial charge < -0.3 is 10.1 Å². The van der Waals surface area contributed by atoms with E-state index in [2.05, 4.69) is 38.2 Å². The van der Waals surface area contributed by atoms with Gasteiger partial charge in [-0.2, -0.15) is 0 Å². The molecule has 0 aliphatic rings. The number of carbonyl (C=O) groups is 1. The summed E-state index contributed by atoms with van der Waals surface area (Å²) in [7, 11) is 0. The highest BCUT2D eigenvalue weighted by molar-refractivity contribution is 7.12. The summed E-state index contributed by atoms with van der Waals surface area (Å²) in [5, 5.41) is 5.02. The number of hydrogen-bond donors (Lipinski definition) is 1. The highest BCUT2D eigenvalue weighted by Gasteiger charge is 2.13. The van der Waals surface area contributed by atoms with Gasteiger partial charge in [-0.3, -0.25) is 4.79 Å². The lowest BCUT2D eigenvalue weighted by atomic mass is 10.1. The Balaban J connectivity index is 1.69. The van der Waals surface area contributed by atoms with Crippen molar-refractivity contribution in [1.82, 2.24) is 0 Å². The Kier molecular flexibility index (Phi) is 5.66. The summed E-state index contributed by atoms with van der Waals surface area (Å²) in [4.78, 5) is 13.3. The maximum atomic E-state index is 12.6. The number of carbonyl (C=O) groups excluding carboxylic acids is 1. The van der Waals surface area contributed by atoms with Crippen molar-refractivity contribution in [3.8, 4) is 5.75 Å². The van der Waals surface area contributed by atoms with E-state index in [0.29, 0.717) is 11.5 Å². The molecule has 0 atom stereocenters. The van der Waals surface area contributed by atoms with Gasteiger partial charge in [0.25, 0.3) is 5.91 Å². The van der Waals surface area contributed by atoms with Gasteiger partial charge in [0.15, 0.2) is 0 Å². The van der Waals surface area contributed by atoms with Gasteiger partial charge in [0.1, 0.15) is 12.4 Å². The molecule has 4 heteroatoms. The number of para-hydroxylation sites is 1. The molecule has 0 fully saturated rings. The van der Waals surface area contributed by atoms with Crippen LogP contribution in [0.25, 0.3) is 0 Å². The molecule has 27 heavy (non-hydrogen) atoms. The maximum Gasteiger partial charge on any atom is 0.265 e. The lowest BCUT2D eigenvalue weighted by Gasteiger charge is -2.12. The largest absolute Gasteiger partial charge is 0.488 e. The first-order chi connectivity index (χ1) is 12.8. The van der Waals surface area contributed by atoms with Crippen LogP contribution in [0.1, 0.15) is 43.1 Å². The minimum atomic E-state index is -0.0775. The third kappa shape index (κ3) is 4.40. The Labute approximate surface area is 165 Å². The highest BCUT2D eigenvalue weighted by Crippen LogP contribution is 2.27. The first-order valence-corrected chi connectivity index (χ1v) is 9.88. The molecule has 1 N–H and O–H groups in total. The molecule has 0 unspecified atom stereocenters. The van der Waals surface area contributed by atoms with Gasteiger partial charge >= 0.3 is 0 Å². The van der Waals surface area contributed by atoms with E-state index in [1.54, 1.807) is 0 Å². The van der Waals surface area contributed by atoms with Crippen molar-refractivity contribution in [3.63, 3.8) is 0 Å². The van der Waals surface area contributed by atoms with Gasteiger partial charge in [-0.05, 0) is 68.3 Å². The maximum absolute atomic E-state index is 12.6. The fraction of sp³-hybridized carbons (Fsp3) is 0.261. The number of thiophene rings is 1. The first-order valence-electron chi connectivity index (χ1n) is 9.01. The summed E-state index contributed by atoms with van der Waals surface area (Å²) in [6, 6.07) is 12.2. The number of anilines is 1. The SMILES string of the molecule is Cc1cc(C)c(OCc2csc(C(=O)Nc3c(C)cccc3C)c2)c(C)c1. The number of benzene rings is 2. The van der Waals surface area contributed by atoms with Crippen molar-refractivity contribution < 1.29 is 9.53 Å². The van der Waals surface area contributed by atoms with E-state index in [9.17, 15) is 4.79 Å². The van der Waals surface area contributed by atoms with Crippen molar-refractivity contribution in [2.75, 3.05) is 5.32 Å². The minimum absolute atomic E-state index is 0.0775. The second-order valence-electron chi connectivity index (χ2n) is 7.06. The van der Waals surface area contributed by atoms with Gasteiger partial charge in [0, 0.05) is 11.3 Å². The minimum Gasteiger partial charge on any atom is -0.488 e. The van der Waals surface area contributed by atoms with Crippen LogP contribution in [0, 0.1) is 34.6 Å². The predicted octanol–water partition coefficient (Wildman–Crippen LogP) is 6.12. The van der Waals surface area contributed by atoms with E-state index in [1.165, 1.54) is 16.9 Å². The van der Waals surface area contributed by atoms with Gasteiger partial charge in [0.2, 0.25) is 0 Å². The number of hydrogen-bond acceptors (Lipinski definition) is 3. The molecule has 0 bridgehead atoms. The molecule has 1 aromatic heterocycles. The Hall–Kier alpha value is -2.59. The van der Waals surface area contributed by atoms with E-state index >= 15 is 0 Å². The van der Waals surface area contributed by atoms with Crippen LogP contribution in [-0.2, 0) is 6.61 Å². The molecular weight excluding hydrogens is 354 g/mol. The second kappa shape index (κ2) is 7.97. The van der Waals surface area contributed by atoms with Crippen molar-refractivity contribution >= 4 is 22.9 Å². The van der Waals surface area contributed by atoms with Crippen LogP contribution in [0.5, 0.6) is 5.75 Å². The molecule has 2 aromatic carbocycles. The average Bonchev–Trinajstić information content (AvgIpc) is 3.06. The van der Waals surface area contributed by atoms with Crippen molar-refractivity contribution in [2.45, 2.75) is 41.2 Å². The van der Waals surface area contributed by atoms with Crippen LogP contribution >= 0.6 is 11.3 Å². The average molecular weight is 380 g/mol. The van der Waals surface area contributed by atoms with Gasteiger partial charge in [-0.25, -0.2) is 0 Å². The fourth-order valence-electron chi connectivity index (χ4n) is 3.31. The van der Waals surface area contributed by atoms with E-state index in [4.69, 9.17) is 4.74 Å². The zero-order chi connectivity index (χ0) is 19.6. The summed E-state index contributed by atoms with van der Waals surface area (Å²) >= 11 is 1.44. The molecule has 3 nitrogen and oxygen atoms in total. The molecule has 0 spiro atoms. The van der Waals surface area contributed by atoms with E-state index in [0.717, 1.165) is 39.3 Å². The fourth-order valence-corrected chi connectivity index (χ4v) is 4.10. The standard InChI is InChI=1S/C23H25NO2S/c1-14-9-17(4)22(18(5)10-14)26-12-19-11-20(27-13-19)23(25)24-21-15(2)7-6-8-16(21)3/h6-11,13H,12H2,1-5H3,(H,24,25). The zero-order valence-corrected chi connectivity index (χ0v) is 17.3. The molecule has 1 heterocycles. The number of nitrogens with one attached hydrogen (secondary N) is 1. The predicted molar refractivity (Wildman–Crippen MR) is 113 cm³/mol. The van der Waals surface area contributed by atoms with E-state index in [-0.39, 0.29) is 5.91 Å². The van der Waals surface area contributed by atoms with Gasteiger partial charge in [-0.15, -0.1) is 11.3 Å². The molecule has 140 valence electrons. The summed E-state index contributed by atoms with van der Waals surface area (Å²) in [5.74, 6) is 0.847. The Morgan fingerprint density at radius 2 is 1.59 bits per heavy atom. The zero-order valence-electron chi connectivity index (χ0n) is 16.5. The first kappa shape index (κ1) is 19.2. The van der Waals surface area contributed by atoms with Crippen LogP contribution in [-0.4, -0.2) is 5.91 Å². The number of aryl methyl sites for hydroxylation is 5. The summed E-state index contributed by atoms with van der Waals surface area (Å²) in [6.45, 7) is 10.7. The summed E-state index contributed by atoms with van der Waals surface area (Å²) in [6.07, 6.45) is 0. The quantitative estimate of drug-likeness (QED) is 0.580. The van der Waals surface area contributed by atoms with Crippen LogP contribution in [0.4, 0.5) is 5.69 Å². The Morgan fingerprint density at radius 1 is 0.963 bits per heavy atom. The molecule has 0 saturated carbocycles. The number of rotatable bonds is 5. The van der Waals surface area contributed by atoms with Crippen molar-refractivity contribution in [1.29, 1.82) is 0 Å². The summed E-state index contributed by atoms with van der Waals surface area (Å²) in [5.41, 5.74) is 7.53. The molecule has 3 aromatic rings. The molecule has 3 rings (SSSR count). The smallest absolute Gasteiger partial charge is 0.265 e. The van der Waals surface area contributed by atoms with Crippen molar-refractivity contribution in [3.05, 3.63) is 80.0 Å². The Bertz CT molecular complexity index is 945. The monoisotopic (exact) mass is 379 g/mol. The highest BCUT2D eigenvalue weighted by atomic mass is 32.1. The number of ether oxygens (including phenoxy) is 1. The lowest BCUT2D eigenvalue weighted by molar-refractivity contribution is 0.103. The van der Waals surface area contributed by atoms with Crippen LogP contribution < -0.4 is 10.1 Å². The van der Waals surface area contributed by atoms with Crippen molar-refractivity contribution in [2.24, 2.45) is 0 Å². The van der Waals surface area contributed by atoms with Crippen LogP contribution in [0.3, 0.4) is 0 Å². The molecule has 0 radical (unpaired) electrons. The molecule has 0 aliphatic heterocycles.